The van der Waals surface area contributed by atoms with Gasteiger partial charge in [-0.2, -0.15) is 0 Å². The molecular weight excluding hydrogens is 260 g/mol. The fourth-order valence-electron chi connectivity index (χ4n) is 2.91. The summed E-state index contributed by atoms with van der Waals surface area (Å²) in [6.07, 6.45) is 0.484. The summed E-state index contributed by atoms with van der Waals surface area (Å²) in [6.45, 7) is 4.78. The van der Waals surface area contributed by atoms with Gasteiger partial charge in [0, 0.05) is 12.2 Å². The summed E-state index contributed by atoms with van der Waals surface area (Å²) in [5, 5.41) is 0. The third-order valence-corrected chi connectivity index (χ3v) is 4.15. The maximum atomic E-state index is 11.9. The normalized spacial score (nSPS) is 15.2. The van der Waals surface area contributed by atoms with E-state index in [4.69, 9.17) is 5.73 Å². The van der Waals surface area contributed by atoms with Gasteiger partial charge < -0.3 is 10.6 Å². The zero-order valence-corrected chi connectivity index (χ0v) is 12.5. The van der Waals surface area contributed by atoms with Crippen LogP contribution in [0.2, 0.25) is 0 Å². The molecule has 1 aliphatic heterocycles. The van der Waals surface area contributed by atoms with E-state index in [9.17, 15) is 4.79 Å². The number of nitrogens with two attached hydrogens (primary N) is 1. The number of carbonyl (C=O) groups excluding carboxylic acids is 1. The Morgan fingerprint density at radius 1 is 1.14 bits per heavy atom. The molecule has 108 valence electrons. The molecule has 3 nitrogen and oxygen atoms in total. The van der Waals surface area contributed by atoms with Gasteiger partial charge in [0.1, 0.15) is 0 Å². The monoisotopic (exact) mass is 280 g/mol. The summed E-state index contributed by atoms with van der Waals surface area (Å²) in [4.78, 5) is 13.8. The van der Waals surface area contributed by atoms with Crippen LogP contribution in [-0.4, -0.2) is 12.5 Å². The van der Waals surface area contributed by atoms with Crippen molar-refractivity contribution in [3.8, 4) is 0 Å². The van der Waals surface area contributed by atoms with E-state index >= 15 is 0 Å². The topological polar surface area (TPSA) is 46.3 Å². The van der Waals surface area contributed by atoms with Crippen molar-refractivity contribution in [1.82, 2.24) is 0 Å². The first-order valence-corrected chi connectivity index (χ1v) is 7.35. The van der Waals surface area contributed by atoms with Crippen molar-refractivity contribution in [2.75, 3.05) is 11.4 Å². The van der Waals surface area contributed by atoms with Crippen molar-refractivity contribution in [3.05, 3.63) is 64.7 Å². The average Bonchev–Trinajstić information content (AvgIpc) is 2.81. The Kier molecular flexibility index (Phi) is 3.52. The number of hydrogen-bond donors (Lipinski definition) is 1. The van der Waals surface area contributed by atoms with E-state index in [1.807, 2.05) is 24.0 Å². The maximum Gasteiger partial charge on any atom is 0.231 e. The number of hydrogen-bond acceptors (Lipinski definition) is 2. The summed E-state index contributed by atoms with van der Waals surface area (Å²) in [5.74, 6) is 0.175. The Bertz CT molecular complexity index is 676. The van der Waals surface area contributed by atoms with E-state index in [0.29, 0.717) is 6.42 Å². The van der Waals surface area contributed by atoms with Crippen molar-refractivity contribution in [2.24, 2.45) is 5.73 Å². The number of benzene rings is 2. The molecule has 0 radical (unpaired) electrons. The van der Waals surface area contributed by atoms with Crippen LogP contribution in [0.3, 0.4) is 0 Å². The molecule has 2 aromatic carbocycles. The predicted molar refractivity (Wildman–Crippen MR) is 85.4 cm³/mol. The highest BCUT2D eigenvalue weighted by atomic mass is 16.2. The summed E-state index contributed by atoms with van der Waals surface area (Å²) in [5.41, 5.74) is 11.9. The Hall–Kier alpha value is -2.13. The van der Waals surface area contributed by atoms with Gasteiger partial charge in [-0.1, -0.05) is 42.0 Å². The van der Waals surface area contributed by atoms with Crippen molar-refractivity contribution in [1.29, 1.82) is 0 Å². The van der Waals surface area contributed by atoms with Crippen LogP contribution in [0, 0.1) is 6.92 Å². The summed E-state index contributed by atoms with van der Waals surface area (Å²) >= 11 is 0. The fourth-order valence-corrected chi connectivity index (χ4v) is 2.91. The number of carbonyl (C=O) groups is 1. The highest BCUT2D eigenvalue weighted by Gasteiger charge is 2.26. The minimum absolute atomic E-state index is 0.151. The van der Waals surface area contributed by atoms with Crippen LogP contribution in [0.25, 0.3) is 0 Å². The Morgan fingerprint density at radius 2 is 1.81 bits per heavy atom. The van der Waals surface area contributed by atoms with Gasteiger partial charge in [0.2, 0.25) is 5.91 Å². The molecule has 1 amide bonds. The minimum Gasteiger partial charge on any atom is -0.320 e. The van der Waals surface area contributed by atoms with E-state index in [0.717, 1.165) is 28.9 Å². The van der Waals surface area contributed by atoms with E-state index in [2.05, 4.69) is 37.3 Å². The number of rotatable bonds is 3. The standard InChI is InChI=1S/C18H20N2O/c1-3-20-16-9-8-14(10-15(16)11-17(20)21)18(19)13-6-4-12(2)5-7-13/h4-10,18H,3,11,19H2,1-2H3. The molecule has 0 aromatic heterocycles. The molecule has 2 N–H and O–H groups in total. The van der Waals surface area contributed by atoms with E-state index in [1.54, 1.807) is 0 Å². The minimum atomic E-state index is -0.151. The Balaban J connectivity index is 1.93. The first-order valence-electron chi connectivity index (χ1n) is 7.35. The molecule has 1 unspecified atom stereocenters. The Labute approximate surface area is 125 Å². The van der Waals surface area contributed by atoms with Gasteiger partial charge in [0.15, 0.2) is 0 Å². The average molecular weight is 280 g/mol. The molecule has 0 spiro atoms. The second-order valence-corrected chi connectivity index (χ2v) is 5.59. The smallest absolute Gasteiger partial charge is 0.231 e. The number of amides is 1. The van der Waals surface area contributed by atoms with Crippen molar-refractivity contribution in [2.45, 2.75) is 26.3 Å². The van der Waals surface area contributed by atoms with Crippen LogP contribution in [-0.2, 0) is 11.2 Å². The second-order valence-electron chi connectivity index (χ2n) is 5.59. The van der Waals surface area contributed by atoms with Crippen molar-refractivity contribution < 1.29 is 4.79 Å². The fraction of sp³-hybridized carbons (Fsp3) is 0.278. The molecule has 21 heavy (non-hydrogen) atoms. The van der Waals surface area contributed by atoms with Gasteiger partial charge in [-0.3, -0.25) is 4.79 Å². The van der Waals surface area contributed by atoms with E-state index < -0.39 is 0 Å². The summed E-state index contributed by atoms with van der Waals surface area (Å²) in [7, 11) is 0. The number of likely N-dealkylation sites (N-methyl/N-ethyl adjacent to an activating group) is 1. The van der Waals surface area contributed by atoms with E-state index in [1.165, 1.54) is 5.56 Å². The molecule has 0 saturated carbocycles. The van der Waals surface area contributed by atoms with Crippen LogP contribution < -0.4 is 10.6 Å². The lowest BCUT2D eigenvalue weighted by Crippen LogP contribution is -2.25. The molecule has 0 fully saturated rings. The van der Waals surface area contributed by atoms with Crippen molar-refractivity contribution in [3.63, 3.8) is 0 Å². The van der Waals surface area contributed by atoms with Gasteiger partial charge in [0.25, 0.3) is 0 Å². The largest absolute Gasteiger partial charge is 0.320 e. The number of fused-ring (bicyclic) bond motifs is 1. The van der Waals surface area contributed by atoms with Crippen molar-refractivity contribution >= 4 is 11.6 Å². The summed E-state index contributed by atoms with van der Waals surface area (Å²) < 4.78 is 0. The second kappa shape index (κ2) is 5.34. The molecule has 0 bridgehead atoms. The zero-order valence-electron chi connectivity index (χ0n) is 12.5. The van der Waals surface area contributed by atoms with Gasteiger partial charge in [0.05, 0.1) is 12.5 Å². The van der Waals surface area contributed by atoms with Gasteiger partial charge in [-0.05, 0) is 36.6 Å². The lowest BCUT2D eigenvalue weighted by Gasteiger charge is -2.17. The SMILES string of the molecule is CCN1C(=O)Cc2cc(C(N)c3ccc(C)cc3)ccc21. The zero-order chi connectivity index (χ0) is 15.0. The lowest BCUT2D eigenvalue weighted by molar-refractivity contribution is -0.117. The molecule has 2 aromatic rings. The molecule has 0 saturated heterocycles. The lowest BCUT2D eigenvalue weighted by atomic mass is 9.96. The molecular formula is C18H20N2O. The van der Waals surface area contributed by atoms with Gasteiger partial charge >= 0.3 is 0 Å². The molecule has 1 aliphatic rings. The molecule has 3 heteroatoms. The third-order valence-electron chi connectivity index (χ3n) is 4.15. The molecule has 1 heterocycles. The predicted octanol–water partition coefficient (Wildman–Crippen LogP) is 2.95. The summed E-state index contributed by atoms with van der Waals surface area (Å²) in [6, 6.07) is 14.3. The van der Waals surface area contributed by atoms with Gasteiger partial charge in [-0.15, -0.1) is 0 Å². The van der Waals surface area contributed by atoms with Crippen LogP contribution >= 0.6 is 0 Å². The third kappa shape index (κ3) is 2.45. The first kappa shape index (κ1) is 13.8. The van der Waals surface area contributed by atoms with Gasteiger partial charge in [-0.25, -0.2) is 0 Å². The first-order chi connectivity index (χ1) is 10.1. The molecule has 0 aliphatic carbocycles. The number of aryl methyl sites for hydroxylation is 1. The van der Waals surface area contributed by atoms with E-state index in [-0.39, 0.29) is 11.9 Å². The maximum absolute atomic E-state index is 11.9. The highest BCUT2D eigenvalue weighted by molar-refractivity contribution is 6.01. The molecule has 3 rings (SSSR count). The quantitative estimate of drug-likeness (QED) is 0.939. The Morgan fingerprint density at radius 3 is 2.48 bits per heavy atom. The highest BCUT2D eigenvalue weighted by Crippen LogP contribution is 2.32. The van der Waals surface area contributed by atoms with Crippen LogP contribution in [0.15, 0.2) is 42.5 Å². The van der Waals surface area contributed by atoms with Crippen LogP contribution in [0.1, 0.15) is 35.2 Å². The van der Waals surface area contributed by atoms with Crippen LogP contribution in [0.4, 0.5) is 5.69 Å². The molecule has 1 atom stereocenters. The number of nitrogens with zero attached hydrogens (tertiary/aromatic N) is 1. The van der Waals surface area contributed by atoms with Crippen LogP contribution in [0.5, 0.6) is 0 Å². The number of anilines is 1.